The summed E-state index contributed by atoms with van der Waals surface area (Å²) in [5.74, 6) is -0.510. The van der Waals surface area contributed by atoms with E-state index in [0.717, 1.165) is 11.1 Å². The highest BCUT2D eigenvalue weighted by Crippen LogP contribution is 2.25. The molecule has 0 radical (unpaired) electrons. The summed E-state index contributed by atoms with van der Waals surface area (Å²) in [6.45, 7) is 6.26. The van der Waals surface area contributed by atoms with E-state index in [0.29, 0.717) is 21.8 Å². The molecule has 9 heteroatoms. The van der Waals surface area contributed by atoms with Crippen LogP contribution in [0.4, 0.5) is 0 Å². The van der Waals surface area contributed by atoms with Crippen LogP contribution in [0.2, 0.25) is 10.0 Å². The molecule has 0 bridgehead atoms. The molecule has 0 aliphatic heterocycles. The molecule has 38 heavy (non-hydrogen) atoms. The molecule has 0 unspecified atom stereocenters. The molecule has 1 heterocycles. The zero-order valence-electron chi connectivity index (χ0n) is 20.8. The van der Waals surface area contributed by atoms with E-state index in [4.69, 9.17) is 23.2 Å². The minimum absolute atomic E-state index is 0.0462. The van der Waals surface area contributed by atoms with Gasteiger partial charge in [-0.2, -0.15) is 0 Å². The Labute approximate surface area is 233 Å². The van der Waals surface area contributed by atoms with Crippen LogP contribution in [0.15, 0.2) is 96.8 Å². The van der Waals surface area contributed by atoms with Crippen LogP contribution in [-0.4, -0.2) is 35.3 Å². The summed E-state index contributed by atoms with van der Waals surface area (Å²) in [6.07, 6.45) is 3.12. The van der Waals surface area contributed by atoms with Gasteiger partial charge in [0.05, 0.1) is 41.3 Å². The number of benzene rings is 3. The third-order valence-electron chi connectivity index (χ3n) is 6.12. The highest BCUT2D eigenvalue weighted by Gasteiger charge is 2.27. The number of imidazole rings is 1. The normalized spacial score (nSPS) is 11.3. The van der Waals surface area contributed by atoms with Crippen LogP contribution in [0.1, 0.15) is 32.7 Å². The van der Waals surface area contributed by atoms with Gasteiger partial charge in [-0.3, -0.25) is 4.79 Å². The van der Waals surface area contributed by atoms with Gasteiger partial charge in [-0.15, -0.1) is 6.58 Å². The minimum Gasteiger partial charge on any atom is -0.329 e. The van der Waals surface area contributed by atoms with Gasteiger partial charge in [0.1, 0.15) is 0 Å². The van der Waals surface area contributed by atoms with Crippen LogP contribution in [0.25, 0.3) is 0 Å². The van der Waals surface area contributed by atoms with Crippen molar-refractivity contribution < 1.29 is 13.2 Å². The van der Waals surface area contributed by atoms with E-state index in [1.165, 1.54) is 12.3 Å². The van der Waals surface area contributed by atoms with E-state index in [2.05, 4.69) is 11.6 Å². The van der Waals surface area contributed by atoms with Gasteiger partial charge in [0.15, 0.2) is 0 Å². The molecule has 196 valence electrons. The first-order valence-electron chi connectivity index (χ1n) is 11.9. The Balaban J connectivity index is 1.73. The number of hydrogen-bond donors (Lipinski definition) is 0. The Morgan fingerprint density at radius 3 is 2.45 bits per heavy atom. The van der Waals surface area contributed by atoms with Crippen LogP contribution in [0.5, 0.6) is 0 Å². The topological polar surface area (TPSA) is 72.3 Å². The molecular formula is C29H27Cl2N3O3S. The summed E-state index contributed by atoms with van der Waals surface area (Å²) < 4.78 is 28.9. The molecule has 4 aromatic rings. The van der Waals surface area contributed by atoms with Gasteiger partial charge in [0.25, 0.3) is 5.91 Å². The molecule has 1 aromatic heterocycles. The van der Waals surface area contributed by atoms with Crippen LogP contribution in [0, 0.1) is 6.92 Å². The molecule has 0 fully saturated rings. The number of nitrogens with zero attached hydrogens (tertiary/aromatic N) is 3. The van der Waals surface area contributed by atoms with E-state index in [9.17, 15) is 13.2 Å². The highest BCUT2D eigenvalue weighted by molar-refractivity contribution is 7.90. The number of carbonyl (C=O) groups is 1. The largest absolute Gasteiger partial charge is 0.329 e. The van der Waals surface area contributed by atoms with Crippen molar-refractivity contribution in [3.8, 4) is 0 Å². The monoisotopic (exact) mass is 567 g/mol. The predicted molar refractivity (Wildman–Crippen MR) is 151 cm³/mol. The average molecular weight is 569 g/mol. The molecule has 0 saturated carbocycles. The Morgan fingerprint density at radius 2 is 1.76 bits per heavy atom. The smallest absolute Gasteiger partial charge is 0.256 e. The van der Waals surface area contributed by atoms with Crippen LogP contribution in [0.3, 0.4) is 0 Å². The standard InChI is InChI=1S/C29H27Cl2N3O3S/c1-3-15-33(28(35)26-14-13-24(30)16-27(26)31)19-25-17-32-29(34(25)18-22-10-5-4-6-11-22)38(36,37)20-23-12-8-7-9-21(23)2/h3-14,16-17H,1,15,18-20H2,2H3. The molecule has 0 saturated heterocycles. The Hall–Kier alpha value is -3.39. The zero-order chi connectivity index (χ0) is 27.3. The fourth-order valence-electron chi connectivity index (χ4n) is 4.15. The first-order valence-corrected chi connectivity index (χ1v) is 14.3. The maximum atomic E-state index is 13.6. The molecule has 0 aliphatic carbocycles. The second-order valence-corrected chi connectivity index (χ2v) is 11.6. The summed E-state index contributed by atoms with van der Waals surface area (Å²) in [7, 11) is -3.81. The average Bonchev–Trinajstić information content (AvgIpc) is 3.28. The van der Waals surface area contributed by atoms with Crippen LogP contribution >= 0.6 is 23.2 Å². The van der Waals surface area contributed by atoms with Crippen molar-refractivity contribution in [3.05, 3.63) is 130 Å². The number of carbonyl (C=O) groups excluding carboxylic acids is 1. The predicted octanol–water partition coefficient (Wildman–Crippen LogP) is 6.35. The number of hydrogen-bond acceptors (Lipinski definition) is 4. The lowest BCUT2D eigenvalue weighted by molar-refractivity contribution is 0.0759. The molecule has 3 aromatic carbocycles. The summed E-state index contributed by atoms with van der Waals surface area (Å²) in [4.78, 5) is 19.3. The molecule has 0 aliphatic rings. The van der Waals surface area contributed by atoms with Crippen molar-refractivity contribution in [2.45, 2.75) is 30.9 Å². The van der Waals surface area contributed by atoms with Crippen molar-refractivity contribution in [2.75, 3.05) is 6.54 Å². The Bertz CT molecular complexity index is 1570. The summed E-state index contributed by atoms with van der Waals surface area (Å²) in [5.41, 5.74) is 3.36. The van der Waals surface area contributed by atoms with E-state index < -0.39 is 9.84 Å². The van der Waals surface area contributed by atoms with Gasteiger partial charge in [-0.1, -0.05) is 83.9 Å². The SMILES string of the molecule is C=CCN(Cc1cnc(S(=O)(=O)Cc2ccccc2C)n1Cc1ccccc1)C(=O)c1ccc(Cl)cc1Cl. The number of halogens is 2. The fraction of sp³-hybridized carbons (Fsp3) is 0.172. The third kappa shape index (κ3) is 6.35. The number of sulfone groups is 1. The Kier molecular flexibility index (Phi) is 8.72. The summed E-state index contributed by atoms with van der Waals surface area (Å²) in [5, 5.41) is 0.609. The van der Waals surface area contributed by atoms with Crippen molar-refractivity contribution in [2.24, 2.45) is 0 Å². The van der Waals surface area contributed by atoms with Crippen LogP contribution < -0.4 is 0 Å². The van der Waals surface area contributed by atoms with Crippen molar-refractivity contribution >= 4 is 38.9 Å². The lowest BCUT2D eigenvalue weighted by atomic mass is 10.1. The molecule has 0 N–H and O–H groups in total. The lowest BCUT2D eigenvalue weighted by Crippen LogP contribution is -2.32. The van der Waals surface area contributed by atoms with E-state index in [1.54, 1.807) is 33.7 Å². The highest BCUT2D eigenvalue weighted by atomic mass is 35.5. The van der Waals surface area contributed by atoms with E-state index >= 15 is 0 Å². The number of aryl methyl sites for hydroxylation is 1. The molecule has 0 atom stereocenters. The number of amides is 1. The molecule has 0 spiro atoms. The summed E-state index contributed by atoms with van der Waals surface area (Å²) in [6, 6.07) is 21.6. The van der Waals surface area contributed by atoms with Gasteiger partial charge in [0, 0.05) is 11.6 Å². The molecule has 6 nitrogen and oxygen atoms in total. The van der Waals surface area contributed by atoms with Gasteiger partial charge in [-0.25, -0.2) is 13.4 Å². The van der Waals surface area contributed by atoms with Gasteiger partial charge < -0.3 is 9.47 Å². The maximum Gasteiger partial charge on any atom is 0.256 e. The molecule has 4 rings (SSSR count). The zero-order valence-corrected chi connectivity index (χ0v) is 23.2. The second-order valence-electron chi connectivity index (χ2n) is 8.89. The van der Waals surface area contributed by atoms with Gasteiger partial charge in [-0.05, 0) is 41.8 Å². The van der Waals surface area contributed by atoms with Crippen LogP contribution in [-0.2, 0) is 28.7 Å². The number of aromatic nitrogens is 2. The first kappa shape index (κ1) is 27.6. The van der Waals surface area contributed by atoms with Crippen molar-refractivity contribution in [1.82, 2.24) is 14.5 Å². The second kappa shape index (κ2) is 12.0. The van der Waals surface area contributed by atoms with Crippen molar-refractivity contribution in [3.63, 3.8) is 0 Å². The van der Waals surface area contributed by atoms with Crippen molar-refractivity contribution in [1.29, 1.82) is 0 Å². The number of rotatable bonds is 10. The van der Waals surface area contributed by atoms with E-state index in [-0.39, 0.29) is 41.5 Å². The maximum absolute atomic E-state index is 13.6. The fourth-order valence-corrected chi connectivity index (χ4v) is 6.23. The third-order valence-corrected chi connectivity index (χ3v) is 8.24. The Morgan fingerprint density at radius 1 is 1.05 bits per heavy atom. The lowest BCUT2D eigenvalue weighted by Gasteiger charge is -2.23. The molecule has 1 amide bonds. The van der Waals surface area contributed by atoms with Gasteiger partial charge >= 0.3 is 0 Å². The first-order chi connectivity index (χ1) is 18.2. The minimum atomic E-state index is -3.81. The molecular weight excluding hydrogens is 541 g/mol. The quantitative estimate of drug-likeness (QED) is 0.209. The summed E-state index contributed by atoms with van der Waals surface area (Å²) >= 11 is 12.3. The van der Waals surface area contributed by atoms with Gasteiger partial charge in [0.2, 0.25) is 15.0 Å². The van der Waals surface area contributed by atoms with E-state index in [1.807, 2.05) is 55.5 Å².